The van der Waals surface area contributed by atoms with Gasteiger partial charge in [-0.15, -0.1) is 0 Å². The van der Waals surface area contributed by atoms with Gasteiger partial charge < -0.3 is 0 Å². The van der Waals surface area contributed by atoms with Gasteiger partial charge in [-0.25, -0.2) is 0 Å². The van der Waals surface area contributed by atoms with Crippen molar-refractivity contribution < 1.29 is 61.5 Å². The summed E-state index contributed by atoms with van der Waals surface area (Å²) in [6, 6.07) is 0. The molecule has 0 spiro atoms. The van der Waals surface area contributed by atoms with Gasteiger partial charge in [0.25, 0.3) is 0 Å². The second kappa shape index (κ2) is 5.62. The van der Waals surface area contributed by atoms with Crippen molar-refractivity contribution >= 4 is 27.6 Å². The van der Waals surface area contributed by atoms with Gasteiger partial charge in [0, 0.05) is 0 Å². The van der Waals surface area contributed by atoms with Gasteiger partial charge in [0.1, 0.15) is 5.56 Å². The van der Waals surface area contributed by atoms with Crippen LogP contribution in [0, 0.1) is 0 Å². The third-order valence-electron chi connectivity index (χ3n) is 1.96. The molecule has 0 bridgehead atoms. The van der Waals surface area contributed by atoms with Crippen molar-refractivity contribution in [2.75, 3.05) is 0 Å². The van der Waals surface area contributed by atoms with Crippen molar-refractivity contribution in [1.82, 2.24) is 0 Å². The molecule has 22 heavy (non-hydrogen) atoms. The molecule has 0 aromatic heterocycles. The first-order valence-electron chi connectivity index (χ1n) is 4.26. The zero-order chi connectivity index (χ0) is 18.6. The molecule has 16 heteroatoms. The third kappa shape index (κ3) is 3.20. The zero-order valence-electron chi connectivity index (χ0n) is 9.12. The maximum Gasteiger partial charge on any atom is 0.460 e. The van der Waals surface area contributed by atoms with Gasteiger partial charge >= 0.3 is 35.5 Å². The summed E-state index contributed by atoms with van der Waals surface area (Å²) in [7, 11) is 0. The van der Waals surface area contributed by atoms with Gasteiger partial charge in [0.05, 0.1) is 0 Å². The zero-order valence-corrected chi connectivity index (χ0v) is 12.2. The molecule has 0 saturated heterocycles. The van der Waals surface area contributed by atoms with Gasteiger partial charge in [0.15, 0.2) is 0 Å². The second-order valence-electron chi connectivity index (χ2n) is 3.51. The molecule has 0 fully saturated rings. The van der Waals surface area contributed by atoms with Crippen LogP contribution in [0.5, 0.6) is 0 Å². The summed E-state index contributed by atoms with van der Waals surface area (Å²) < 4.78 is 172. The van der Waals surface area contributed by atoms with Crippen molar-refractivity contribution in [1.29, 1.82) is 0 Å². The standard InChI is InChI=1S/C6F14IP/c7-1(8,3(11,12)13)5(17,18)22(21)6(19,20)2(9,10)4(14,15)16. The number of alkyl halides is 14. The Hall–Kier alpha value is 0.180. The van der Waals surface area contributed by atoms with E-state index in [1.165, 1.54) is 0 Å². The Kier molecular flexibility index (Phi) is 5.66. The molecule has 0 atom stereocenters. The highest BCUT2D eigenvalue weighted by Crippen LogP contribution is 2.78. The SMILES string of the molecule is FC(F)(F)C(F)(F)C(F)(F)P(I)C(F)(F)C(F)(F)C(F)(F)F. The molecule has 134 valence electrons. The van der Waals surface area contributed by atoms with E-state index in [1.54, 1.807) is 0 Å². The summed E-state index contributed by atoms with van der Waals surface area (Å²) in [6.45, 7) is 0. The van der Waals surface area contributed by atoms with E-state index in [1.807, 2.05) is 0 Å². The van der Waals surface area contributed by atoms with E-state index in [0.717, 1.165) is 0 Å². The van der Waals surface area contributed by atoms with E-state index in [0.29, 0.717) is 0 Å². The van der Waals surface area contributed by atoms with Crippen LogP contribution in [0.3, 0.4) is 0 Å². The Morgan fingerprint density at radius 3 is 0.773 bits per heavy atom. The minimum Gasteiger partial charge on any atom is -0.193 e. The Morgan fingerprint density at radius 1 is 0.455 bits per heavy atom. The maximum atomic E-state index is 12.9. The lowest BCUT2D eigenvalue weighted by atomic mass is 10.3. The lowest BCUT2D eigenvalue weighted by molar-refractivity contribution is -0.342. The van der Waals surface area contributed by atoms with E-state index in [4.69, 9.17) is 0 Å². The first kappa shape index (κ1) is 22.2. The fourth-order valence-corrected chi connectivity index (χ4v) is 3.68. The molecule has 0 N–H and O–H groups in total. The average Bonchev–Trinajstić information content (AvgIpc) is 2.24. The predicted octanol–water partition coefficient (Wildman–Crippen LogP) is 6.40. The Labute approximate surface area is 125 Å². The van der Waals surface area contributed by atoms with Crippen LogP contribution >= 0.6 is 27.6 Å². The highest BCUT2D eigenvalue weighted by atomic mass is 127. The topological polar surface area (TPSA) is 0 Å². The van der Waals surface area contributed by atoms with Crippen LogP contribution in [0.4, 0.5) is 61.5 Å². The summed E-state index contributed by atoms with van der Waals surface area (Å²) in [5.74, 6) is -14.5. The van der Waals surface area contributed by atoms with E-state index < -0.39 is 63.1 Å². The van der Waals surface area contributed by atoms with E-state index in [-0.39, 0.29) is 0 Å². The molecule has 0 aromatic rings. The summed E-state index contributed by atoms with van der Waals surface area (Å²) in [5, 5.41) is 0. The molecule has 0 aliphatic heterocycles. The largest absolute Gasteiger partial charge is 0.460 e. The lowest BCUT2D eigenvalue weighted by Crippen LogP contribution is -2.56. The van der Waals surface area contributed by atoms with Gasteiger partial charge in [-0.3, -0.25) is 0 Å². The van der Waals surface area contributed by atoms with Gasteiger partial charge in [0.2, 0.25) is 0 Å². The van der Waals surface area contributed by atoms with Gasteiger partial charge in [-0.2, -0.15) is 61.5 Å². The van der Waals surface area contributed by atoms with Crippen molar-refractivity contribution in [2.24, 2.45) is 0 Å². The molecule has 0 unspecified atom stereocenters. The number of hydrogen-bond donors (Lipinski definition) is 0. The first-order chi connectivity index (χ1) is 9.15. The first-order valence-corrected chi connectivity index (χ1v) is 8.39. The summed E-state index contributed by atoms with van der Waals surface area (Å²) in [6.07, 6.45) is -14.3. The van der Waals surface area contributed by atoms with Crippen molar-refractivity contribution in [2.45, 2.75) is 35.5 Å². The summed E-state index contributed by atoms with van der Waals surface area (Å²) in [5.41, 5.74) is -19.6. The van der Waals surface area contributed by atoms with Crippen molar-refractivity contribution in [3.05, 3.63) is 0 Å². The fourth-order valence-electron chi connectivity index (χ4n) is 0.764. The van der Waals surface area contributed by atoms with Crippen LogP contribution < -0.4 is 0 Å². The number of rotatable bonds is 4. The van der Waals surface area contributed by atoms with Gasteiger partial charge in [-0.05, 0) is 22.0 Å². The van der Waals surface area contributed by atoms with Crippen LogP contribution in [-0.4, -0.2) is 35.5 Å². The van der Waals surface area contributed by atoms with Crippen LogP contribution in [0.2, 0.25) is 0 Å². The third-order valence-corrected chi connectivity index (χ3v) is 7.14. The minimum absolute atomic E-state index is 0.638. The Balaban J connectivity index is 6.00. The minimum atomic E-state index is -7.24. The average molecular weight is 496 g/mol. The molecule has 0 aliphatic carbocycles. The normalized spacial score (nSPS) is 16.4. The molecule has 0 aromatic carbocycles. The molecular formula is C6F14IP. The van der Waals surface area contributed by atoms with Gasteiger partial charge in [-0.1, -0.05) is 0 Å². The molecule has 0 saturated carbocycles. The van der Waals surface area contributed by atoms with Crippen LogP contribution in [0.1, 0.15) is 0 Å². The molecule has 0 aliphatic rings. The fraction of sp³-hybridized carbons (Fsp3) is 1.00. The second-order valence-corrected chi connectivity index (χ2v) is 8.09. The smallest absolute Gasteiger partial charge is 0.193 e. The number of halogens is 15. The molecule has 0 radical (unpaired) electrons. The summed E-state index contributed by atoms with van der Waals surface area (Å²) in [4.78, 5) is 0. The highest BCUT2D eigenvalue weighted by Gasteiger charge is 2.84. The highest BCUT2D eigenvalue weighted by molar-refractivity contribution is 14.2. The van der Waals surface area contributed by atoms with Crippen LogP contribution in [-0.2, 0) is 0 Å². The maximum absolute atomic E-state index is 12.9. The summed E-state index contributed by atoms with van der Waals surface area (Å²) >= 11 is -0.638. The van der Waals surface area contributed by atoms with E-state index in [9.17, 15) is 61.5 Å². The van der Waals surface area contributed by atoms with Crippen LogP contribution in [0.25, 0.3) is 0 Å². The Bertz CT molecular complexity index is 369. The molecular weight excluding hydrogens is 496 g/mol. The van der Waals surface area contributed by atoms with Crippen molar-refractivity contribution in [3.63, 3.8) is 0 Å². The van der Waals surface area contributed by atoms with Crippen LogP contribution in [0.15, 0.2) is 0 Å². The van der Waals surface area contributed by atoms with E-state index >= 15 is 0 Å². The monoisotopic (exact) mass is 496 g/mol. The predicted molar refractivity (Wildman–Crippen MR) is 52.8 cm³/mol. The van der Waals surface area contributed by atoms with Crippen molar-refractivity contribution in [3.8, 4) is 0 Å². The Morgan fingerprint density at radius 2 is 0.636 bits per heavy atom. The molecule has 0 nitrogen and oxygen atoms in total. The lowest BCUT2D eigenvalue weighted by Gasteiger charge is -2.37. The molecule has 0 amide bonds. The van der Waals surface area contributed by atoms with E-state index in [2.05, 4.69) is 0 Å². The molecule has 0 rings (SSSR count). The quantitative estimate of drug-likeness (QED) is 0.240. The molecule has 0 heterocycles. The number of hydrogen-bond acceptors (Lipinski definition) is 0.